The SMILES string of the molecule is O=C(CSc1nc(-c2ccc(Cl)cc2)[nH]c1-c1ccc(Cl)cc1)NC[C@@H]1CCCO1. The van der Waals surface area contributed by atoms with Crippen LogP contribution in [0.5, 0.6) is 0 Å². The van der Waals surface area contributed by atoms with Gasteiger partial charge in [0.15, 0.2) is 0 Å². The third-order valence-electron chi connectivity index (χ3n) is 4.81. The summed E-state index contributed by atoms with van der Waals surface area (Å²) >= 11 is 13.4. The minimum absolute atomic E-state index is 0.0337. The molecule has 156 valence electrons. The van der Waals surface area contributed by atoms with Crippen molar-refractivity contribution in [2.24, 2.45) is 0 Å². The van der Waals surface area contributed by atoms with Crippen molar-refractivity contribution in [1.82, 2.24) is 15.3 Å². The number of hydrogen-bond donors (Lipinski definition) is 2. The van der Waals surface area contributed by atoms with Gasteiger partial charge in [0.05, 0.1) is 17.6 Å². The van der Waals surface area contributed by atoms with E-state index in [1.54, 1.807) is 0 Å². The largest absolute Gasteiger partial charge is 0.376 e. The molecule has 0 unspecified atom stereocenters. The molecule has 2 heterocycles. The third kappa shape index (κ3) is 5.38. The molecule has 1 fully saturated rings. The number of nitrogens with one attached hydrogen (secondary N) is 2. The highest BCUT2D eigenvalue weighted by atomic mass is 35.5. The highest BCUT2D eigenvalue weighted by Gasteiger charge is 2.18. The van der Waals surface area contributed by atoms with Crippen molar-refractivity contribution < 1.29 is 9.53 Å². The van der Waals surface area contributed by atoms with Crippen molar-refractivity contribution >= 4 is 40.9 Å². The number of carbonyl (C=O) groups is 1. The smallest absolute Gasteiger partial charge is 0.230 e. The second kappa shape index (κ2) is 9.88. The lowest BCUT2D eigenvalue weighted by molar-refractivity contribution is -0.119. The first-order chi connectivity index (χ1) is 14.6. The molecule has 0 bridgehead atoms. The number of imidazole rings is 1. The summed E-state index contributed by atoms with van der Waals surface area (Å²) in [5.41, 5.74) is 2.73. The second-order valence-corrected chi connectivity index (χ2v) is 8.84. The van der Waals surface area contributed by atoms with Crippen molar-refractivity contribution in [3.05, 3.63) is 58.6 Å². The first-order valence-corrected chi connectivity index (χ1v) is 11.5. The Kier molecular flexibility index (Phi) is 7.00. The van der Waals surface area contributed by atoms with Crippen molar-refractivity contribution in [3.63, 3.8) is 0 Å². The van der Waals surface area contributed by atoms with E-state index in [9.17, 15) is 4.79 Å². The Hall–Kier alpha value is -1.99. The lowest BCUT2D eigenvalue weighted by Gasteiger charge is -2.10. The van der Waals surface area contributed by atoms with Gasteiger partial charge in [0.25, 0.3) is 0 Å². The highest BCUT2D eigenvalue weighted by molar-refractivity contribution is 8.00. The molecule has 1 saturated heterocycles. The molecule has 1 amide bonds. The number of amides is 1. The second-order valence-electron chi connectivity index (χ2n) is 7.01. The number of ether oxygens (including phenoxy) is 1. The Labute approximate surface area is 189 Å². The zero-order valence-corrected chi connectivity index (χ0v) is 18.5. The summed E-state index contributed by atoms with van der Waals surface area (Å²) in [6.45, 7) is 1.33. The van der Waals surface area contributed by atoms with Crippen LogP contribution in [0.3, 0.4) is 0 Å². The Morgan fingerprint density at radius 1 is 1.10 bits per heavy atom. The van der Waals surface area contributed by atoms with Gasteiger partial charge in [0, 0.05) is 34.3 Å². The van der Waals surface area contributed by atoms with E-state index in [1.807, 2.05) is 48.5 Å². The van der Waals surface area contributed by atoms with Crippen LogP contribution in [0.2, 0.25) is 10.0 Å². The first kappa shape index (κ1) is 21.2. The van der Waals surface area contributed by atoms with E-state index in [2.05, 4.69) is 10.3 Å². The molecule has 0 saturated carbocycles. The monoisotopic (exact) mass is 461 g/mol. The zero-order chi connectivity index (χ0) is 20.9. The van der Waals surface area contributed by atoms with Crippen LogP contribution in [0.25, 0.3) is 22.6 Å². The fourth-order valence-electron chi connectivity index (χ4n) is 3.24. The number of aromatic amines is 1. The predicted molar refractivity (Wildman–Crippen MR) is 122 cm³/mol. The van der Waals surface area contributed by atoms with E-state index >= 15 is 0 Å². The van der Waals surface area contributed by atoms with E-state index in [1.165, 1.54) is 11.8 Å². The van der Waals surface area contributed by atoms with E-state index in [4.69, 9.17) is 32.9 Å². The van der Waals surface area contributed by atoms with Gasteiger partial charge in [0.1, 0.15) is 10.9 Å². The summed E-state index contributed by atoms with van der Waals surface area (Å²) in [4.78, 5) is 20.5. The van der Waals surface area contributed by atoms with Crippen LogP contribution in [0, 0.1) is 0 Å². The quantitative estimate of drug-likeness (QED) is 0.459. The molecule has 3 aromatic rings. The van der Waals surface area contributed by atoms with Gasteiger partial charge in [-0.05, 0) is 49.2 Å². The molecule has 5 nitrogen and oxygen atoms in total. The van der Waals surface area contributed by atoms with Gasteiger partial charge < -0.3 is 15.0 Å². The van der Waals surface area contributed by atoms with Crippen LogP contribution in [-0.2, 0) is 9.53 Å². The Morgan fingerprint density at radius 2 is 1.77 bits per heavy atom. The van der Waals surface area contributed by atoms with Crippen LogP contribution in [0.15, 0.2) is 53.6 Å². The molecule has 0 aliphatic carbocycles. The Morgan fingerprint density at radius 3 is 2.40 bits per heavy atom. The van der Waals surface area contributed by atoms with Crippen molar-refractivity contribution in [3.8, 4) is 22.6 Å². The van der Waals surface area contributed by atoms with Gasteiger partial charge in [0.2, 0.25) is 5.91 Å². The lowest BCUT2D eigenvalue weighted by Crippen LogP contribution is -2.32. The number of benzene rings is 2. The van der Waals surface area contributed by atoms with Crippen molar-refractivity contribution in [1.29, 1.82) is 0 Å². The Balaban J connectivity index is 1.51. The maximum atomic E-state index is 12.3. The average molecular weight is 462 g/mol. The number of H-pyrrole nitrogens is 1. The minimum atomic E-state index is -0.0337. The summed E-state index contributed by atoms with van der Waals surface area (Å²) in [6.07, 6.45) is 2.18. The zero-order valence-electron chi connectivity index (χ0n) is 16.2. The number of hydrogen-bond acceptors (Lipinski definition) is 4. The predicted octanol–water partition coefficient (Wildman–Crippen LogP) is 5.44. The van der Waals surface area contributed by atoms with Gasteiger partial charge in [-0.2, -0.15) is 0 Å². The average Bonchev–Trinajstić information content (AvgIpc) is 3.42. The molecule has 1 atom stereocenters. The molecular formula is C22H21Cl2N3O2S. The molecule has 0 spiro atoms. The molecule has 0 radical (unpaired) electrons. The van der Waals surface area contributed by atoms with E-state index in [0.717, 1.165) is 47.1 Å². The number of carbonyl (C=O) groups excluding carboxylic acids is 1. The molecule has 1 aliphatic rings. The van der Waals surface area contributed by atoms with Crippen LogP contribution >= 0.6 is 35.0 Å². The minimum Gasteiger partial charge on any atom is -0.376 e. The molecule has 1 aliphatic heterocycles. The van der Waals surface area contributed by atoms with Crippen molar-refractivity contribution in [2.45, 2.75) is 24.0 Å². The van der Waals surface area contributed by atoms with Crippen LogP contribution in [0.1, 0.15) is 12.8 Å². The summed E-state index contributed by atoms with van der Waals surface area (Å²) in [7, 11) is 0. The number of aromatic nitrogens is 2. The van der Waals surface area contributed by atoms with Gasteiger partial charge in [-0.3, -0.25) is 4.79 Å². The van der Waals surface area contributed by atoms with E-state index < -0.39 is 0 Å². The standard InChI is InChI=1S/C22H21Cl2N3O2S/c23-16-7-3-14(4-8-16)20-22(27-21(26-20)15-5-9-17(24)10-6-15)30-13-19(28)25-12-18-2-1-11-29-18/h3-10,18H,1-2,11-13H2,(H,25,28)(H,26,27)/t18-/m0/s1. The summed E-state index contributed by atoms with van der Waals surface area (Å²) in [5.74, 6) is 0.963. The summed E-state index contributed by atoms with van der Waals surface area (Å²) < 4.78 is 5.55. The van der Waals surface area contributed by atoms with E-state index in [0.29, 0.717) is 16.6 Å². The van der Waals surface area contributed by atoms with Crippen molar-refractivity contribution in [2.75, 3.05) is 18.9 Å². The number of halogens is 2. The fourth-order valence-corrected chi connectivity index (χ4v) is 4.33. The maximum absolute atomic E-state index is 12.3. The van der Waals surface area contributed by atoms with Gasteiger partial charge in [-0.1, -0.05) is 47.1 Å². The highest BCUT2D eigenvalue weighted by Crippen LogP contribution is 2.33. The molecular weight excluding hydrogens is 441 g/mol. The molecule has 30 heavy (non-hydrogen) atoms. The van der Waals surface area contributed by atoms with Crippen LogP contribution in [0.4, 0.5) is 0 Å². The molecule has 2 aromatic carbocycles. The molecule has 1 aromatic heterocycles. The molecule has 4 rings (SSSR count). The fraction of sp³-hybridized carbons (Fsp3) is 0.273. The van der Waals surface area contributed by atoms with Gasteiger partial charge in [-0.25, -0.2) is 4.98 Å². The molecule has 8 heteroatoms. The van der Waals surface area contributed by atoms with E-state index in [-0.39, 0.29) is 17.8 Å². The third-order valence-corrected chi connectivity index (χ3v) is 6.29. The van der Waals surface area contributed by atoms with Gasteiger partial charge >= 0.3 is 0 Å². The summed E-state index contributed by atoms with van der Waals surface area (Å²) in [5, 5.41) is 5.04. The first-order valence-electron chi connectivity index (χ1n) is 9.71. The van der Waals surface area contributed by atoms with Gasteiger partial charge in [-0.15, -0.1) is 0 Å². The van der Waals surface area contributed by atoms with Crippen LogP contribution < -0.4 is 5.32 Å². The Bertz CT molecular complexity index is 1000. The number of thioether (sulfide) groups is 1. The van der Waals surface area contributed by atoms with Crippen LogP contribution in [-0.4, -0.2) is 40.9 Å². The number of rotatable bonds is 7. The maximum Gasteiger partial charge on any atom is 0.230 e. The normalized spacial score (nSPS) is 16.0. The lowest BCUT2D eigenvalue weighted by atomic mass is 10.2. The summed E-state index contributed by atoms with van der Waals surface area (Å²) in [6, 6.07) is 15.0. The molecule has 2 N–H and O–H groups in total. The number of nitrogens with zero attached hydrogens (tertiary/aromatic N) is 1. The topological polar surface area (TPSA) is 67.0 Å².